The number of hydrogen-bond donors (Lipinski definition) is 0. The van der Waals surface area contributed by atoms with Gasteiger partial charge in [0, 0.05) is 38.4 Å². The largest absolute Gasteiger partial charge is 0.371 e. The van der Waals surface area contributed by atoms with Gasteiger partial charge >= 0.3 is 0 Å². The molecule has 1 aromatic heterocycles. The summed E-state index contributed by atoms with van der Waals surface area (Å²) in [7, 11) is 1.92. The molecule has 0 fully saturated rings. The van der Waals surface area contributed by atoms with E-state index < -0.39 is 0 Å². The quantitative estimate of drug-likeness (QED) is 0.870. The molecule has 3 rings (SSSR count). The number of hydrogen-bond acceptors (Lipinski definition) is 3. The summed E-state index contributed by atoms with van der Waals surface area (Å²) in [5.74, 6) is -0.193. The molecule has 0 unspecified atom stereocenters. The Morgan fingerprint density at radius 2 is 2.09 bits per heavy atom. The third-order valence-electron chi connectivity index (χ3n) is 4.15. The number of pyridine rings is 1. The number of amides is 1. The average Bonchev–Trinajstić information content (AvgIpc) is 2.56. The maximum atomic E-state index is 13.4. The van der Waals surface area contributed by atoms with Crippen LogP contribution >= 0.6 is 0 Å². The number of nitrogens with zero attached hydrogens (tertiary/aromatic N) is 3. The number of benzene rings is 1. The lowest BCUT2D eigenvalue weighted by molar-refractivity contribution is -0.118. The molecule has 1 aliphatic heterocycles. The normalized spacial score (nSPS) is 13.8. The molecule has 0 atom stereocenters. The smallest absolute Gasteiger partial charge is 0.227 e. The molecule has 0 N–H and O–H groups in total. The van der Waals surface area contributed by atoms with Gasteiger partial charge in [0.15, 0.2) is 0 Å². The fraction of sp³-hybridized carbons (Fsp3) is 0.333. The molecule has 1 amide bonds. The van der Waals surface area contributed by atoms with Crippen molar-refractivity contribution in [1.82, 2.24) is 4.98 Å². The van der Waals surface area contributed by atoms with Gasteiger partial charge in [-0.05, 0) is 43.2 Å². The lowest BCUT2D eigenvalue weighted by Gasteiger charge is -2.35. The molecule has 0 radical (unpaired) electrons. The summed E-state index contributed by atoms with van der Waals surface area (Å²) in [6.07, 6.45) is 3.79. The lowest BCUT2D eigenvalue weighted by atomic mass is 10.1. The zero-order chi connectivity index (χ0) is 16.2. The van der Waals surface area contributed by atoms with Crippen molar-refractivity contribution in [3.05, 3.63) is 54.1 Å². The van der Waals surface area contributed by atoms with Gasteiger partial charge in [-0.25, -0.2) is 4.39 Å². The minimum absolute atomic E-state index is 0.0851. The summed E-state index contributed by atoms with van der Waals surface area (Å²) < 4.78 is 13.4. The first-order valence-electron chi connectivity index (χ1n) is 7.86. The fourth-order valence-electron chi connectivity index (χ4n) is 2.88. The number of carbonyl (C=O) groups is 1. The Morgan fingerprint density at radius 3 is 2.87 bits per heavy atom. The van der Waals surface area contributed by atoms with Gasteiger partial charge in [0.2, 0.25) is 5.91 Å². The van der Waals surface area contributed by atoms with Crippen molar-refractivity contribution in [3.8, 4) is 0 Å². The van der Waals surface area contributed by atoms with Gasteiger partial charge in [-0.2, -0.15) is 0 Å². The van der Waals surface area contributed by atoms with Crippen LogP contribution in [-0.2, 0) is 11.2 Å². The van der Waals surface area contributed by atoms with Crippen LogP contribution in [0, 0.1) is 5.82 Å². The Labute approximate surface area is 135 Å². The van der Waals surface area contributed by atoms with E-state index in [4.69, 9.17) is 0 Å². The highest BCUT2D eigenvalue weighted by Gasteiger charge is 2.25. The molecule has 2 aromatic rings. The van der Waals surface area contributed by atoms with Gasteiger partial charge in [-0.15, -0.1) is 0 Å². The van der Waals surface area contributed by atoms with Crippen molar-refractivity contribution in [1.29, 1.82) is 0 Å². The molecule has 0 bridgehead atoms. The van der Waals surface area contributed by atoms with Crippen molar-refractivity contribution < 1.29 is 9.18 Å². The summed E-state index contributed by atoms with van der Waals surface area (Å²) in [5.41, 5.74) is 2.57. The van der Waals surface area contributed by atoms with E-state index in [0.29, 0.717) is 19.5 Å². The molecule has 2 heterocycles. The maximum absolute atomic E-state index is 13.4. The van der Waals surface area contributed by atoms with E-state index in [-0.39, 0.29) is 11.7 Å². The van der Waals surface area contributed by atoms with Crippen molar-refractivity contribution in [3.63, 3.8) is 0 Å². The van der Waals surface area contributed by atoms with Crippen LogP contribution in [0.15, 0.2) is 42.6 Å². The highest BCUT2D eigenvalue weighted by atomic mass is 19.1. The van der Waals surface area contributed by atoms with Gasteiger partial charge in [-0.3, -0.25) is 9.78 Å². The number of aromatic nitrogens is 1. The predicted molar refractivity (Wildman–Crippen MR) is 89.2 cm³/mol. The molecule has 1 aliphatic rings. The molecular weight excluding hydrogens is 293 g/mol. The van der Waals surface area contributed by atoms with Crippen molar-refractivity contribution in [2.75, 3.05) is 29.9 Å². The van der Waals surface area contributed by atoms with Crippen LogP contribution in [0.1, 0.15) is 18.5 Å². The number of aryl methyl sites for hydroxylation is 1. The Balaban J connectivity index is 1.65. The van der Waals surface area contributed by atoms with E-state index >= 15 is 0 Å². The minimum Gasteiger partial charge on any atom is -0.371 e. The number of rotatable bonds is 4. The number of anilines is 2. The lowest BCUT2D eigenvalue weighted by Crippen LogP contribution is -2.42. The number of halogens is 1. The monoisotopic (exact) mass is 313 g/mol. The third kappa shape index (κ3) is 3.50. The average molecular weight is 313 g/mol. The highest BCUT2D eigenvalue weighted by Crippen LogP contribution is 2.33. The molecule has 23 heavy (non-hydrogen) atoms. The molecule has 4 nitrogen and oxygen atoms in total. The van der Waals surface area contributed by atoms with Gasteiger partial charge in [0.05, 0.1) is 11.4 Å². The molecule has 1 aromatic carbocycles. The number of carbonyl (C=O) groups excluding carboxylic acids is 1. The second-order valence-electron chi connectivity index (χ2n) is 5.77. The van der Waals surface area contributed by atoms with Gasteiger partial charge < -0.3 is 9.80 Å². The summed E-state index contributed by atoms with van der Waals surface area (Å²) in [5, 5.41) is 0. The van der Waals surface area contributed by atoms with Gasteiger partial charge in [-0.1, -0.05) is 6.07 Å². The van der Waals surface area contributed by atoms with E-state index in [1.807, 2.05) is 30.1 Å². The third-order valence-corrected chi connectivity index (χ3v) is 4.15. The summed E-state index contributed by atoms with van der Waals surface area (Å²) in [4.78, 5) is 20.6. The fourth-order valence-corrected chi connectivity index (χ4v) is 2.88. The van der Waals surface area contributed by atoms with Crippen molar-refractivity contribution >= 4 is 17.3 Å². The van der Waals surface area contributed by atoms with Crippen LogP contribution in [0.3, 0.4) is 0 Å². The van der Waals surface area contributed by atoms with E-state index in [2.05, 4.69) is 4.98 Å². The van der Waals surface area contributed by atoms with Crippen LogP contribution < -0.4 is 9.80 Å². The first-order valence-corrected chi connectivity index (χ1v) is 7.86. The van der Waals surface area contributed by atoms with Crippen molar-refractivity contribution in [2.45, 2.75) is 19.3 Å². The Morgan fingerprint density at radius 1 is 1.22 bits per heavy atom. The van der Waals surface area contributed by atoms with Crippen molar-refractivity contribution in [2.24, 2.45) is 0 Å². The summed E-state index contributed by atoms with van der Waals surface area (Å²) in [6, 6.07) is 10.4. The summed E-state index contributed by atoms with van der Waals surface area (Å²) in [6.45, 7) is 1.35. The Kier molecular flexibility index (Phi) is 4.55. The van der Waals surface area contributed by atoms with Crippen LogP contribution in [0.4, 0.5) is 15.8 Å². The Bertz CT molecular complexity index is 690. The number of likely N-dealkylation sites (N-methyl/N-ethyl adjacent to an activating group) is 1. The molecule has 0 saturated heterocycles. The maximum Gasteiger partial charge on any atom is 0.227 e. The molecule has 0 saturated carbocycles. The standard InChI is InChI=1S/C18H20FN3O/c1-21-11-12-22(16-9-8-14(19)13-17(16)21)18(23)7-4-6-15-5-2-3-10-20-15/h2-3,5,8-10,13H,4,6-7,11-12H2,1H3. The van der Waals surface area contributed by atoms with E-state index in [1.54, 1.807) is 17.2 Å². The number of fused-ring (bicyclic) bond motifs is 1. The van der Waals surface area contributed by atoms with Crippen LogP contribution in [-0.4, -0.2) is 31.0 Å². The zero-order valence-corrected chi connectivity index (χ0v) is 13.2. The van der Waals surface area contributed by atoms with E-state index in [9.17, 15) is 9.18 Å². The van der Waals surface area contributed by atoms with Gasteiger partial charge in [0.25, 0.3) is 0 Å². The predicted octanol–water partition coefficient (Wildman–Crippen LogP) is 3.03. The molecule has 0 aliphatic carbocycles. The van der Waals surface area contributed by atoms with E-state index in [1.165, 1.54) is 12.1 Å². The van der Waals surface area contributed by atoms with E-state index in [0.717, 1.165) is 29.9 Å². The molecule has 120 valence electrons. The topological polar surface area (TPSA) is 36.4 Å². The van der Waals surface area contributed by atoms with Crippen LogP contribution in [0.25, 0.3) is 0 Å². The molecule has 5 heteroatoms. The van der Waals surface area contributed by atoms with Gasteiger partial charge in [0.1, 0.15) is 5.82 Å². The Hall–Kier alpha value is -2.43. The first kappa shape index (κ1) is 15.5. The minimum atomic E-state index is -0.278. The molecular formula is C18H20FN3O. The SMILES string of the molecule is CN1CCN(C(=O)CCCc2ccccn2)c2ccc(F)cc21. The zero-order valence-electron chi connectivity index (χ0n) is 13.2. The van der Waals surface area contributed by atoms with Crippen LogP contribution in [0.5, 0.6) is 0 Å². The van der Waals surface area contributed by atoms with Crippen LogP contribution in [0.2, 0.25) is 0 Å². The second kappa shape index (κ2) is 6.77. The second-order valence-corrected chi connectivity index (χ2v) is 5.77. The molecule has 0 spiro atoms. The summed E-state index contributed by atoms with van der Waals surface area (Å²) >= 11 is 0. The highest BCUT2D eigenvalue weighted by molar-refractivity contribution is 5.97. The first-order chi connectivity index (χ1) is 11.1.